The lowest BCUT2D eigenvalue weighted by molar-refractivity contribution is -0.152. The van der Waals surface area contributed by atoms with Crippen molar-refractivity contribution in [2.45, 2.75) is 78.1 Å². The van der Waals surface area contributed by atoms with Gasteiger partial charge in [0.2, 0.25) is 0 Å². The van der Waals surface area contributed by atoms with E-state index in [1.54, 1.807) is 0 Å². The Balaban J connectivity index is 1.63. The Morgan fingerprint density at radius 3 is 2.41 bits per heavy atom. The van der Waals surface area contributed by atoms with Crippen molar-refractivity contribution in [2.24, 2.45) is 40.4 Å². The molecule has 0 bridgehead atoms. The molecular formula is C20H32O2. The van der Waals surface area contributed by atoms with E-state index in [0.717, 1.165) is 30.6 Å². The number of carbonyl (C=O) groups is 1. The number of rotatable bonds is 1. The molecule has 4 fully saturated rings. The normalized spacial score (nSPS) is 54.2. The summed E-state index contributed by atoms with van der Waals surface area (Å²) in [5.74, 6) is 2.76. The molecule has 0 radical (unpaired) electrons. The van der Waals surface area contributed by atoms with Gasteiger partial charge in [-0.25, -0.2) is 0 Å². The van der Waals surface area contributed by atoms with Crippen molar-refractivity contribution < 1.29 is 9.90 Å². The topological polar surface area (TPSA) is 37.3 Å². The summed E-state index contributed by atoms with van der Waals surface area (Å²) in [5, 5.41) is 9.65. The maximum absolute atomic E-state index is 11.7. The minimum atomic E-state index is -0.527. The number of hydrogen-bond acceptors (Lipinski definition) is 1. The van der Waals surface area contributed by atoms with Crippen LogP contribution in [0.25, 0.3) is 0 Å². The molecule has 0 amide bonds. The molecule has 2 nitrogen and oxygen atoms in total. The van der Waals surface area contributed by atoms with Crippen molar-refractivity contribution in [2.75, 3.05) is 0 Å². The summed E-state index contributed by atoms with van der Waals surface area (Å²) in [7, 11) is 0. The molecule has 4 saturated carbocycles. The minimum Gasteiger partial charge on any atom is -0.481 e. The molecule has 124 valence electrons. The van der Waals surface area contributed by atoms with Gasteiger partial charge in [0.1, 0.15) is 0 Å². The summed E-state index contributed by atoms with van der Waals surface area (Å²) in [6, 6.07) is 0. The van der Waals surface area contributed by atoms with Crippen molar-refractivity contribution >= 4 is 5.97 Å². The molecular weight excluding hydrogens is 272 g/mol. The lowest BCUT2D eigenvalue weighted by atomic mass is 9.45. The highest BCUT2D eigenvalue weighted by molar-refractivity contribution is 5.71. The van der Waals surface area contributed by atoms with Crippen molar-refractivity contribution in [1.82, 2.24) is 0 Å². The van der Waals surface area contributed by atoms with Gasteiger partial charge in [0.25, 0.3) is 0 Å². The Labute approximate surface area is 135 Å². The number of hydrogen-bond donors (Lipinski definition) is 1. The molecule has 2 heteroatoms. The highest BCUT2D eigenvalue weighted by atomic mass is 16.4. The van der Waals surface area contributed by atoms with Crippen LogP contribution in [-0.4, -0.2) is 11.1 Å². The van der Waals surface area contributed by atoms with Crippen LogP contribution in [0.4, 0.5) is 0 Å². The quantitative estimate of drug-likeness (QED) is 0.730. The maximum atomic E-state index is 11.7. The van der Waals surface area contributed by atoms with Crippen LogP contribution in [0.15, 0.2) is 0 Å². The molecule has 0 aromatic heterocycles. The maximum Gasteiger partial charge on any atom is 0.307 e. The van der Waals surface area contributed by atoms with Gasteiger partial charge >= 0.3 is 5.97 Å². The smallest absolute Gasteiger partial charge is 0.307 e. The van der Waals surface area contributed by atoms with Crippen molar-refractivity contribution in [3.05, 3.63) is 0 Å². The summed E-state index contributed by atoms with van der Waals surface area (Å²) in [5.41, 5.74) is 0.661. The Morgan fingerprint density at radius 1 is 0.864 bits per heavy atom. The largest absolute Gasteiger partial charge is 0.481 e. The van der Waals surface area contributed by atoms with Crippen LogP contribution in [0.3, 0.4) is 0 Å². The fourth-order valence-corrected chi connectivity index (χ4v) is 7.70. The predicted octanol–water partition coefficient (Wildman–Crippen LogP) is 5.12. The molecule has 0 aromatic carbocycles. The highest BCUT2D eigenvalue weighted by Gasteiger charge is 2.60. The summed E-state index contributed by atoms with van der Waals surface area (Å²) in [6.45, 7) is 4.91. The molecule has 0 aliphatic heterocycles. The summed E-state index contributed by atoms with van der Waals surface area (Å²) < 4.78 is 0. The first-order valence-electron chi connectivity index (χ1n) is 9.69. The van der Waals surface area contributed by atoms with Crippen molar-refractivity contribution in [1.29, 1.82) is 0 Å². The Kier molecular flexibility index (Phi) is 3.40. The number of carboxylic acid groups (broad SMARTS) is 1. The molecule has 0 saturated heterocycles. The van der Waals surface area contributed by atoms with E-state index in [4.69, 9.17) is 0 Å². The van der Waals surface area contributed by atoms with Gasteiger partial charge in [0.15, 0.2) is 0 Å². The van der Waals surface area contributed by atoms with Crippen LogP contribution in [0.2, 0.25) is 0 Å². The highest BCUT2D eigenvalue weighted by Crippen LogP contribution is 2.67. The number of carboxylic acids is 1. The van der Waals surface area contributed by atoms with Gasteiger partial charge in [-0.15, -0.1) is 0 Å². The molecule has 22 heavy (non-hydrogen) atoms. The molecule has 4 rings (SSSR count). The number of fused-ring (bicyclic) bond motifs is 5. The fourth-order valence-electron chi connectivity index (χ4n) is 7.70. The van der Waals surface area contributed by atoms with Gasteiger partial charge in [-0.3, -0.25) is 4.79 Å². The van der Waals surface area contributed by atoms with Crippen LogP contribution in [0.1, 0.15) is 78.1 Å². The van der Waals surface area contributed by atoms with Crippen LogP contribution in [0.5, 0.6) is 0 Å². The third-order valence-electron chi connectivity index (χ3n) is 8.88. The third kappa shape index (κ3) is 1.88. The van der Waals surface area contributed by atoms with Gasteiger partial charge in [0, 0.05) is 0 Å². The monoisotopic (exact) mass is 304 g/mol. The van der Waals surface area contributed by atoms with E-state index in [0.29, 0.717) is 11.3 Å². The molecule has 7 atom stereocenters. The van der Waals surface area contributed by atoms with Gasteiger partial charge in [0.05, 0.1) is 5.92 Å². The van der Waals surface area contributed by atoms with E-state index < -0.39 is 5.97 Å². The van der Waals surface area contributed by atoms with E-state index in [9.17, 15) is 9.90 Å². The van der Waals surface area contributed by atoms with Crippen molar-refractivity contribution in [3.63, 3.8) is 0 Å². The first kappa shape index (κ1) is 15.0. The van der Waals surface area contributed by atoms with Gasteiger partial charge in [-0.2, -0.15) is 0 Å². The van der Waals surface area contributed by atoms with Gasteiger partial charge in [-0.1, -0.05) is 26.7 Å². The standard InChI is InChI=1S/C20H32O2/c1-19-11-4-3-5-13(19)6-7-14-15-8-9-17(18(21)22)20(15,2)12-10-16(14)19/h13-17H,3-12H2,1-2H3,(H,21,22)/t13?,14-,15-,16-,17?,19-,20-/m0/s1. The Morgan fingerprint density at radius 2 is 1.64 bits per heavy atom. The van der Waals surface area contributed by atoms with E-state index in [-0.39, 0.29) is 11.3 Å². The van der Waals surface area contributed by atoms with Gasteiger partial charge in [-0.05, 0) is 85.9 Å². The molecule has 1 N–H and O–H groups in total. The zero-order chi connectivity index (χ0) is 15.5. The molecule has 4 aliphatic rings. The average molecular weight is 304 g/mol. The molecule has 0 spiro atoms. The minimum absolute atomic E-state index is 0.0738. The lowest BCUT2D eigenvalue weighted by Crippen LogP contribution is -2.53. The van der Waals surface area contributed by atoms with E-state index in [1.165, 1.54) is 51.4 Å². The summed E-state index contributed by atoms with van der Waals surface area (Å²) in [4.78, 5) is 11.7. The average Bonchev–Trinajstić information content (AvgIpc) is 2.84. The van der Waals surface area contributed by atoms with Crippen LogP contribution in [0, 0.1) is 40.4 Å². The SMILES string of the molecule is C[C@]12CCCCC1CC[C@@H]1[C@@H]2CC[C@]2(C)C(C(=O)O)CC[C@@H]12. The lowest BCUT2D eigenvalue weighted by Gasteiger charge is -2.60. The third-order valence-corrected chi connectivity index (χ3v) is 8.88. The second-order valence-electron chi connectivity index (χ2n) is 9.42. The Bertz CT molecular complexity index is 472. The first-order valence-corrected chi connectivity index (χ1v) is 9.69. The van der Waals surface area contributed by atoms with Crippen LogP contribution < -0.4 is 0 Å². The second kappa shape index (κ2) is 4.98. The molecule has 0 heterocycles. The van der Waals surface area contributed by atoms with Gasteiger partial charge < -0.3 is 5.11 Å². The summed E-state index contributed by atoms with van der Waals surface area (Å²) >= 11 is 0. The molecule has 4 aliphatic carbocycles. The number of aliphatic carboxylic acids is 1. The predicted molar refractivity (Wildman–Crippen MR) is 87.5 cm³/mol. The molecule has 0 aromatic rings. The molecule has 2 unspecified atom stereocenters. The van der Waals surface area contributed by atoms with Crippen LogP contribution >= 0.6 is 0 Å². The van der Waals surface area contributed by atoms with E-state index >= 15 is 0 Å². The second-order valence-corrected chi connectivity index (χ2v) is 9.42. The van der Waals surface area contributed by atoms with E-state index in [1.807, 2.05) is 0 Å². The fraction of sp³-hybridized carbons (Fsp3) is 0.950. The summed E-state index contributed by atoms with van der Waals surface area (Å²) in [6.07, 6.45) is 13.1. The Hall–Kier alpha value is -0.530. The zero-order valence-electron chi connectivity index (χ0n) is 14.3. The first-order chi connectivity index (χ1) is 10.5. The van der Waals surface area contributed by atoms with Crippen LogP contribution in [-0.2, 0) is 4.79 Å². The zero-order valence-corrected chi connectivity index (χ0v) is 14.3. The van der Waals surface area contributed by atoms with Crippen molar-refractivity contribution in [3.8, 4) is 0 Å². The van der Waals surface area contributed by atoms with E-state index in [2.05, 4.69) is 13.8 Å².